The van der Waals surface area contributed by atoms with E-state index >= 15 is 0 Å². The highest BCUT2D eigenvalue weighted by molar-refractivity contribution is 5.96. The fourth-order valence-electron chi connectivity index (χ4n) is 4.37. The Morgan fingerprint density at radius 1 is 1.12 bits per heavy atom. The second-order valence-electron chi connectivity index (χ2n) is 8.20. The largest absolute Gasteiger partial charge is 0.564 e. The van der Waals surface area contributed by atoms with Crippen LogP contribution in [0.25, 0.3) is 10.9 Å². The van der Waals surface area contributed by atoms with Crippen molar-refractivity contribution in [1.29, 1.82) is 0 Å². The molecular weight excluding hydrogens is 454 g/mol. The molecule has 34 heavy (non-hydrogen) atoms. The monoisotopic (exact) mass is 478 g/mol. The van der Waals surface area contributed by atoms with Crippen LogP contribution in [0.3, 0.4) is 0 Å². The highest BCUT2D eigenvalue weighted by Crippen LogP contribution is 2.37. The minimum absolute atomic E-state index is 0.0282. The number of piperazine rings is 1. The number of rotatable bonds is 6. The van der Waals surface area contributed by atoms with E-state index in [1.54, 1.807) is 24.3 Å². The maximum absolute atomic E-state index is 13.3. The second kappa shape index (κ2) is 9.46. The van der Waals surface area contributed by atoms with Gasteiger partial charge in [-0.3, -0.25) is 4.90 Å². The van der Waals surface area contributed by atoms with E-state index in [4.69, 9.17) is 9.84 Å². The lowest BCUT2D eigenvalue weighted by atomic mass is 10.0. The summed E-state index contributed by atoms with van der Waals surface area (Å²) in [6, 6.07) is 11.7. The lowest BCUT2D eigenvalue weighted by Crippen LogP contribution is -2.55. The molecule has 6 nitrogen and oxygen atoms in total. The Kier molecular flexibility index (Phi) is 6.60. The molecule has 3 aromatic rings. The third-order valence-corrected chi connectivity index (χ3v) is 5.98. The molecule has 0 unspecified atom stereocenters. The molecular formula is C24H24F4N3O3+. The van der Waals surface area contributed by atoms with E-state index in [2.05, 4.69) is 4.98 Å². The van der Waals surface area contributed by atoms with E-state index in [1.165, 1.54) is 25.3 Å². The van der Waals surface area contributed by atoms with E-state index in [-0.39, 0.29) is 29.7 Å². The number of hydrogen-bond donors (Lipinski definition) is 0. The minimum Gasteiger partial charge on any atom is -0.564 e. The zero-order valence-electron chi connectivity index (χ0n) is 18.4. The molecule has 10 heteroatoms. The van der Waals surface area contributed by atoms with Crippen molar-refractivity contribution in [3.8, 4) is 5.75 Å². The number of nitrogens with zero attached hydrogens (tertiary/aromatic N) is 3. The Morgan fingerprint density at radius 2 is 1.85 bits per heavy atom. The first kappa shape index (κ1) is 23.7. The molecule has 1 aromatic heterocycles. The van der Waals surface area contributed by atoms with E-state index in [0.717, 1.165) is 11.6 Å². The number of ether oxygens (including phenoxy) is 1. The Labute approximate surface area is 193 Å². The third-order valence-electron chi connectivity index (χ3n) is 5.98. The SMILES string of the molecule is COc1ccc(N2CCN(CC(=O)[OH2+])[C@@H](Cc3ccc(F)cc3)C2)c2ccc(C(F)(F)F)nc12. The van der Waals surface area contributed by atoms with Gasteiger partial charge in [-0.05, 0) is 48.4 Å². The van der Waals surface area contributed by atoms with Crippen LogP contribution in [-0.4, -0.2) is 60.3 Å². The van der Waals surface area contributed by atoms with Gasteiger partial charge in [0, 0.05) is 41.5 Å². The molecule has 1 aliphatic rings. The summed E-state index contributed by atoms with van der Waals surface area (Å²) in [6.07, 6.45) is -4.06. The van der Waals surface area contributed by atoms with Crippen molar-refractivity contribution < 1.29 is 32.2 Å². The van der Waals surface area contributed by atoms with Gasteiger partial charge in [0.05, 0.1) is 7.11 Å². The Balaban J connectivity index is 1.68. The molecule has 1 saturated heterocycles. The van der Waals surface area contributed by atoms with Crippen molar-refractivity contribution in [3.63, 3.8) is 0 Å². The van der Waals surface area contributed by atoms with Crippen molar-refractivity contribution in [3.05, 3.63) is 65.6 Å². The minimum atomic E-state index is -4.58. The molecule has 2 N–H and O–H groups in total. The number of halogens is 4. The van der Waals surface area contributed by atoms with Crippen LogP contribution in [0.4, 0.5) is 23.2 Å². The van der Waals surface area contributed by atoms with Gasteiger partial charge >= 0.3 is 12.1 Å². The highest BCUT2D eigenvalue weighted by atomic mass is 19.4. The molecule has 0 saturated carbocycles. The maximum Gasteiger partial charge on any atom is 0.530 e. The molecule has 4 rings (SSSR count). The number of carbonyl (C=O) groups excluding carboxylic acids is 1. The predicted molar refractivity (Wildman–Crippen MR) is 120 cm³/mol. The maximum atomic E-state index is 13.3. The van der Waals surface area contributed by atoms with Crippen LogP contribution in [0.1, 0.15) is 11.3 Å². The van der Waals surface area contributed by atoms with Crippen LogP contribution in [0.2, 0.25) is 0 Å². The first-order valence-electron chi connectivity index (χ1n) is 10.7. The van der Waals surface area contributed by atoms with E-state index in [9.17, 15) is 22.4 Å². The number of anilines is 1. The van der Waals surface area contributed by atoms with Crippen LogP contribution >= 0.6 is 0 Å². The summed E-state index contributed by atoms with van der Waals surface area (Å²) in [5, 5.41) is 7.92. The number of fused-ring (bicyclic) bond motifs is 1. The van der Waals surface area contributed by atoms with Gasteiger partial charge < -0.3 is 14.7 Å². The van der Waals surface area contributed by atoms with Crippen molar-refractivity contribution in [2.24, 2.45) is 0 Å². The van der Waals surface area contributed by atoms with Crippen molar-refractivity contribution in [1.82, 2.24) is 9.88 Å². The number of benzene rings is 2. The molecule has 180 valence electrons. The summed E-state index contributed by atoms with van der Waals surface area (Å²) in [4.78, 5) is 19.3. The van der Waals surface area contributed by atoms with Gasteiger partial charge in [-0.1, -0.05) is 12.1 Å². The fraction of sp³-hybridized carbons (Fsp3) is 0.333. The van der Waals surface area contributed by atoms with E-state index < -0.39 is 17.8 Å². The fourth-order valence-corrected chi connectivity index (χ4v) is 4.37. The molecule has 0 spiro atoms. The summed E-state index contributed by atoms with van der Waals surface area (Å²) >= 11 is 0. The lowest BCUT2D eigenvalue weighted by molar-refractivity contribution is -0.141. The van der Waals surface area contributed by atoms with Gasteiger partial charge in [-0.25, -0.2) is 9.37 Å². The molecule has 1 aliphatic heterocycles. The van der Waals surface area contributed by atoms with Gasteiger partial charge in [-0.2, -0.15) is 13.2 Å². The first-order chi connectivity index (χ1) is 16.2. The molecule has 1 atom stereocenters. The number of aromatic nitrogens is 1. The second-order valence-corrected chi connectivity index (χ2v) is 8.20. The van der Waals surface area contributed by atoms with Gasteiger partial charge in [0.2, 0.25) is 0 Å². The molecule has 0 radical (unpaired) electrons. The number of alkyl halides is 3. The quantitative estimate of drug-likeness (QED) is 0.401. The topological polar surface area (TPSA) is 68.6 Å². The standard InChI is InChI=1S/C24H23F4N3O3/c1-34-20-8-7-19(18-6-9-21(24(26,27)28)29-23(18)20)31-11-10-30(14-22(32)33)17(13-31)12-15-2-4-16(25)5-3-15/h2-9,17H,10-14H2,1H3,(H,32,33)/p+1/t17-/m0/s1. The molecule has 1 fully saturated rings. The number of pyridine rings is 1. The van der Waals surface area contributed by atoms with Crippen LogP contribution in [0, 0.1) is 5.82 Å². The summed E-state index contributed by atoms with van der Waals surface area (Å²) < 4.78 is 58.4. The van der Waals surface area contributed by atoms with Crippen molar-refractivity contribution in [2.45, 2.75) is 18.6 Å². The molecule has 0 aliphatic carbocycles. The van der Waals surface area contributed by atoms with Crippen LogP contribution < -0.4 is 9.64 Å². The third kappa shape index (κ3) is 5.06. The summed E-state index contributed by atoms with van der Waals surface area (Å²) in [5.74, 6) is -0.801. The van der Waals surface area contributed by atoms with Crippen LogP contribution in [0.5, 0.6) is 5.75 Å². The van der Waals surface area contributed by atoms with E-state index in [0.29, 0.717) is 37.1 Å². The Morgan fingerprint density at radius 3 is 2.50 bits per heavy atom. The molecule has 0 bridgehead atoms. The first-order valence-corrected chi connectivity index (χ1v) is 10.7. The molecule has 2 aromatic carbocycles. The Hall–Kier alpha value is -3.40. The Bertz CT molecular complexity index is 1180. The smallest absolute Gasteiger partial charge is 0.530 e. The number of methoxy groups -OCH3 is 1. The van der Waals surface area contributed by atoms with Crippen LogP contribution in [-0.2, 0) is 17.4 Å². The van der Waals surface area contributed by atoms with Gasteiger partial charge in [0.1, 0.15) is 22.8 Å². The normalized spacial score (nSPS) is 17.2. The van der Waals surface area contributed by atoms with Crippen LogP contribution in [0.15, 0.2) is 48.5 Å². The zero-order valence-corrected chi connectivity index (χ0v) is 18.4. The highest BCUT2D eigenvalue weighted by Gasteiger charge is 2.34. The van der Waals surface area contributed by atoms with Crippen molar-refractivity contribution >= 4 is 22.6 Å². The molecule has 2 heterocycles. The summed E-state index contributed by atoms with van der Waals surface area (Å²) in [6.45, 7) is 1.43. The van der Waals surface area contributed by atoms with Crippen molar-refractivity contribution in [2.75, 3.05) is 38.2 Å². The summed E-state index contributed by atoms with van der Waals surface area (Å²) in [7, 11) is 1.38. The average molecular weight is 478 g/mol. The van der Waals surface area contributed by atoms with Gasteiger partial charge in [0.25, 0.3) is 0 Å². The van der Waals surface area contributed by atoms with Gasteiger partial charge in [-0.15, -0.1) is 0 Å². The number of hydrogen-bond acceptors (Lipinski definition) is 5. The molecule has 0 amide bonds. The van der Waals surface area contributed by atoms with Gasteiger partial charge in [0.15, 0.2) is 6.54 Å². The lowest BCUT2D eigenvalue weighted by Gasteiger charge is -2.41. The van der Waals surface area contributed by atoms with E-state index in [1.807, 2.05) is 9.80 Å². The number of carbonyl (C=O) groups is 1. The zero-order chi connectivity index (χ0) is 24.5. The predicted octanol–water partition coefficient (Wildman–Crippen LogP) is 3.39. The summed E-state index contributed by atoms with van der Waals surface area (Å²) in [5.41, 5.74) is 0.710. The average Bonchev–Trinajstić information content (AvgIpc) is 2.79.